The maximum atomic E-state index is 11.1. The molecule has 0 bridgehead atoms. The molecule has 0 atom stereocenters. The van der Waals surface area contributed by atoms with E-state index in [1.165, 1.54) is 10.6 Å². The zero-order valence-corrected chi connectivity index (χ0v) is 8.53. The van der Waals surface area contributed by atoms with Crippen molar-refractivity contribution >= 4 is 10.1 Å². The van der Waals surface area contributed by atoms with Crippen molar-refractivity contribution < 1.29 is 12.6 Å². The largest absolute Gasteiger partial charge is 0.313 e. The molecule has 0 N–H and O–H groups in total. The first-order chi connectivity index (χ1) is 6.49. The second-order valence-electron chi connectivity index (χ2n) is 2.76. The minimum atomic E-state index is -3.42. The minimum Gasteiger partial charge on any atom is -0.313 e. The number of hydrogen-bond donors (Lipinski definition) is 0. The molecule has 5 nitrogen and oxygen atoms in total. The first-order valence-electron chi connectivity index (χ1n) is 3.99. The van der Waals surface area contributed by atoms with Gasteiger partial charge in [-0.05, 0) is 6.07 Å². The zero-order valence-electron chi connectivity index (χ0n) is 7.71. The summed E-state index contributed by atoms with van der Waals surface area (Å²) in [6, 6.07) is 4.72. The molecule has 0 fully saturated rings. The van der Waals surface area contributed by atoms with Crippen molar-refractivity contribution in [2.45, 2.75) is 6.54 Å². The van der Waals surface area contributed by atoms with E-state index in [2.05, 4.69) is 4.18 Å². The number of aromatic nitrogens is 1. The SMILES string of the molecule is CS(=O)(=O)OCCn1ccccc1=O. The van der Waals surface area contributed by atoms with Gasteiger partial charge in [-0.25, -0.2) is 0 Å². The lowest BCUT2D eigenvalue weighted by molar-refractivity contribution is 0.302. The van der Waals surface area contributed by atoms with E-state index in [1.807, 2.05) is 0 Å². The van der Waals surface area contributed by atoms with Crippen LogP contribution in [-0.2, 0) is 20.8 Å². The van der Waals surface area contributed by atoms with Gasteiger partial charge in [0.2, 0.25) is 0 Å². The monoisotopic (exact) mass is 217 g/mol. The number of pyridine rings is 1. The van der Waals surface area contributed by atoms with Crippen molar-refractivity contribution in [2.24, 2.45) is 0 Å². The predicted molar refractivity (Wildman–Crippen MR) is 51.5 cm³/mol. The molecule has 0 amide bonds. The first-order valence-corrected chi connectivity index (χ1v) is 5.80. The molecular formula is C8H11NO4S. The Morgan fingerprint density at radius 2 is 2.14 bits per heavy atom. The highest BCUT2D eigenvalue weighted by Crippen LogP contribution is 1.88. The molecule has 78 valence electrons. The highest BCUT2D eigenvalue weighted by molar-refractivity contribution is 7.85. The Balaban J connectivity index is 2.55. The van der Waals surface area contributed by atoms with Crippen LogP contribution in [0.15, 0.2) is 29.2 Å². The minimum absolute atomic E-state index is 0.0250. The number of nitrogens with zero attached hydrogens (tertiary/aromatic N) is 1. The molecule has 0 spiro atoms. The Hall–Kier alpha value is -1.14. The van der Waals surface area contributed by atoms with Gasteiger partial charge in [0.05, 0.1) is 19.4 Å². The Kier molecular flexibility index (Phi) is 3.43. The molecule has 1 heterocycles. The highest BCUT2D eigenvalue weighted by atomic mass is 32.2. The molecule has 0 aliphatic rings. The lowest BCUT2D eigenvalue weighted by Gasteiger charge is -2.03. The maximum absolute atomic E-state index is 11.1. The van der Waals surface area contributed by atoms with Crippen LogP contribution >= 0.6 is 0 Å². The third kappa shape index (κ3) is 3.71. The summed E-state index contributed by atoms with van der Waals surface area (Å²) in [5, 5.41) is 0. The lowest BCUT2D eigenvalue weighted by atomic mass is 10.5. The normalized spacial score (nSPS) is 11.5. The molecule has 0 radical (unpaired) electrons. The molecule has 14 heavy (non-hydrogen) atoms. The van der Waals surface area contributed by atoms with Gasteiger partial charge in [0.25, 0.3) is 15.7 Å². The molecule has 0 saturated heterocycles. The van der Waals surface area contributed by atoms with Crippen LogP contribution in [-0.4, -0.2) is 25.8 Å². The smallest absolute Gasteiger partial charge is 0.264 e. The van der Waals surface area contributed by atoms with E-state index < -0.39 is 10.1 Å². The molecule has 0 unspecified atom stereocenters. The quantitative estimate of drug-likeness (QED) is 0.656. The molecule has 0 saturated carbocycles. The van der Waals surface area contributed by atoms with Crippen LogP contribution in [0.5, 0.6) is 0 Å². The van der Waals surface area contributed by atoms with E-state index >= 15 is 0 Å². The standard InChI is InChI=1S/C8H11NO4S/c1-14(11,12)13-7-6-9-5-3-2-4-8(9)10/h2-5H,6-7H2,1H3. The van der Waals surface area contributed by atoms with Crippen LogP contribution in [0.1, 0.15) is 0 Å². The third-order valence-electron chi connectivity index (χ3n) is 1.53. The Morgan fingerprint density at radius 3 is 2.71 bits per heavy atom. The van der Waals surface area contributed by atoms with Gasteiger partial charge in [0.15, 0.2) is 0 Å². The molecule has 6 heteroatoms. The van der Waals surface area contributed by atoms with Crippen molar-refractivity contribution in [3.8, 4) is 0 Å². The number of hydrogen-bond acceptors (Lipinski definition) is 4. The Morgan fingerprint density at radius 1 is 1.43 bits per heavy atom. The van der Waals surface area contributed by atoms with Crippen LogP contribution < -0.4 is 5.56 Å². The molecule has 1 rings (SSSR count). The van der Waals surface area contributed by atoms with E-state index in [4.69, 9.17) is 0 Å². The summed E-state index contributed by atoms with van der Waals surface area (Å²) in [6.45, 7) is 0.204. The van der Waals surface area contributed by atoms with E-state index in [-0.39, 0.29) is 18.7 Å². The van der Waals surface area contributed by atoms with E-state index in [9.17, 15) is 13.2 Å². The molecule has 0 aliphatic carbocycles. The molecule has 0 aromatic carbocycles. The third-order valence-corrected chi connectivity index (χ3v) is 2.12. The second kappa shape index (κ2) is 4.39. The summed E-state index contributed by atoms with van der Waals surface area (Å²) in [5.74, 6) is 0. The zero-order chi connectivity index (χ0) is 10.6. The fourth-order valence-corrected chi connectivity index (χ4v) is 1.31. The topological polar surface area (TPSA) is 65.4 Å². The van der Waals surface area contributed by atoms with Crippen molar-refractivity contribution in [2.75, 3.05) is 12.9 Å². The predicted octanol–water partition coefficient (Wildman–Crippen LogP) is -0.176. The van der Waals surface area contributed by atoms with Crippen LogP contribution in [0.2, 0.25) is 0 Å². The van der Waals surface area contributed by atoms with Gasteiger partial charge in [-0.2, -0.15) is 8.42 Å². The van der Waals surface area contributed by atoms with Crippen molar-refractivity contribution in [1.82, 2.24) is 4.57 Å². The maximum Gasteiger partial charge on any atom is 0.264 e. The Labute approximate surface area is 82.1 Å². The van der Waals surface area contributed by atoms with Crippen molar-refractivity contribution in [1.29, 1.82) is 0 Å². The molecule has 1 aromatic heterocycles. The van der Waals surface area contributed by atoms with Gasteiger partial charge < -0.3 is 4.57 Å². The van der Waals surface area contributed by atoms with Gasteiger partial charge >= 0.3 is 0 Å². The van der Waals surface area contributed by atoms with Crippen molar-refractivity contribution in [3.05, 3.63) is 34.7 Å². The summed E-state index contributed by atoms with van der Waals surface area (Å²) >= 11 is 0. The van der Waals surface area contributed by atoms with E-state index in [1.54, 1.807) is 18.3 Å². The van der Waals surface area contributed by atoms with Gasteiger partial charge in [0.1, 0.15) is 0 Å². The summed E-state index contributed by atoms with van der Waals surface area (Å²) in [7, 11) is -3.42. The summed E-state index contributed by atoms with van der Waals surface area (Å²) in [4.78, 5) is 11.1. The van der Waals surface area contributed by atoms with Gasteiger partial charge in [-0.3, -0.25) is 8.98 Å². The highest BCUT2D eigenvalue weighted by Gasteiger charge is 2.01. The van der Waals surface area contributed by atoms with Crippen molar-refractivity contribution in [3.63, 3.8) is 0 Å². The fraction of sp³-hybridized carbons (Fsp3) is 0.375. The molecule has 0 aliphatic heterocycles. The van der Waals surface area contributed by atoms with Gasteiger partial charge in [0, 0.05) is 12.3 Å². The van der Waals surface area contributed by atoms with Crippen LogP contribution in [0, 0.1) is 0 Å². The van der Waals surface area contributed by atoms with Gasteiger partial charge in [-0.15, -0.1) is 0 Å². The van der Waals surface area contributed by atoms with Crippen LogP contribution in [0.3, 0.4) is 0 Å². The van der Waals surface area contributed by atoms with Gasteiger partial charge in [-0.1, -0.05) is 6.07 Å². The average molecular weight is 217 g/mol. The molecular weight excluding hydrogens is 206 g/mol. The summed E-state index contributed by atoms with van der Waals surface area (Å²) in [6.07, 6.45) is 2.55. The first kappa shape index (κ1) is 10.9. The fourth-order valence-electron chi connectivity index (χ4n) is 0.932. The lowest BCUT2D eigenvalue weighted by Crippen LogP contribution is -2.21. The van der Waals surface area contributed by atoms with E-state index in [0.717, 1.165) is 6.26 Å². The Bertz CT molecular complexity index is 448. The van der Waals surface area contributed by atoms with Crippen LogP contribution in [0.4, 0.5) is 0 Å². The molecule has 1 aromatic rings. The van der Waals surface area contributed by atoms with Crippen LogP contribution in [0.25, 0.3) is 0 Å². The van der Waals surface area contributed by atoms with E-state index in [0.29, 0.717) is 0 Å². The average Bonchev–Trinajstić information content (AvgIpc) is 2.06. The number of rotatable bonds is 4. The summed E-state index contributed by atoms with van der Waals surface area (Å²) in [5.41, 5.74) is -0.176. The second-order valence-corrected chi connectivity index (χ2v) is 4.40. The summed E-state index contributed by atoms with van der Waals surface area (Å²) < 4.78 is 27.1.